The van der Waals surface area contributed by atoms with Crippen molar-refractivity contribution in [3.63, 3.8) is 0 Å². The summed E-state index contributed by atoms with van der Waals surface area (Å²) in [5, 5.41) is 4.72. The largest absolute Gasteiger partial charge is 0.469 e. The zero-order valence-electron chi connectivity index (χ0n) is 12.5. The van der Waals surface area contributed by atoms with Crippen LogP contribution in [0, 0.1) is 6.92 Å². The second-order valence-electron chi connectivity index (χ2n) is 5.50. The van der Waals surface area contributed by atoms with Gasteiger partial charge >= 0.3 is 0 Å². The lowest BCUT2D eigenvalue weighted by Gasteiger charge is -2.07. The van der Waals surface area contributed by atoms with Gasteiger partial charge in [0.2, 0.25) is 0 Å². The third kappa shape index (κ3) is 2.33. The van der Waals surface area contributed by atoms with Gasteiger partial charge in [-0.2, -0.15) is 5.10 Å². The standard InChI is InChI=1S/C17H19N3O/c1-11(2)15-16(13-9-12(3)21-10-13)19-20(17(15)18)14-7-5-4-6-8-14/h4-11H,18H2,1-3H3. The Morgan fingerprint density at radius 1 is 1.19 bits per heavy atom. The molecule has 3 rings (SSSR count). The van der Waals surface area contributed by atoms with E-state index in [0.717, 1.165) is 28.3 Å². The van der Waals surface area contributed by atoms with E-state index in [4.69, 9.17) is 15.2 Å². The summed E-state index contributed by atoms with van der Waals surface area (Å²) in [6.07, 6.45) is 1.73. The van der Waals surface area contributed by atoms with E-state index in [1.165, 1.54) is 0 Å². The van der Waals surface area contributed by atoms with Crippen molar-refractivity contribution in [2.24, 2.45) is 0 Å². The van der Waals surface area contributed by atoms with Crippen molar-refractivity contribution in [3.05, 3.63) is 54.0 Å². The van der Waals surface area contributed by atoms with Crippen molar-refractivity contribution in [1.82, 2.24) is 9.78 Å². The van der Waals surface area contributed by atoms with E-state index < -0.39 is 0 Å². The average Bonchev–Trinajstić information content (AvgIpc) is 3.03. The fourth-order valence-corrected chi connectivity index (χ4v) is 2.56. The molecule has 0 aliphatic rings. The summed E-state index contributed by atoms with van der Waals surface area (Å²) in [5.41, 5.74) is 10.2. The first-order chi connectivity index (χ1) is 10.1. The summed E-state index contributed by atoms with van der Waals surface area (Å²) in [4.78, 5) is 0. The molecule has 0 fully saturated rings. The zero-order chi connectivity index (χ0) is 15.0. The van der Waals surface area contributed by atoms with E-state index in [-0.39, 0.29) is 5.92 Å². The van der Waals surface area contributed by atoms with Crippen LogP contribution in [0.25, 0.3) is 16.9 Å². The third-order valence-corrected chi connectivity index (χ3v) is 3.54. The predicted octanol–water partition coefficient (Wildman–Crippen LogP) is 4.15. The number of aryl methyl sites for hydroxylation is 1. The molecule has 2 N–H and O–H groups in total. The SMILES string of the molecule is Cc1cc(-c2nn(-c3ccccc3)c(N)c2C(C)C)co1. The Morgan fingerprint density at radius 2 is 1.90 bits per heavy atom. The van der Waals surface area contributed by atoms with Crippen LogP contribution < -0.4 is 5.73 Å². The molecule has 0 aliphatic carbocycles. The summed E-state index contributed by atoms with van der Waals surface area (Å²) in [5.74, 6) is 1.84. The van der Waals surface area contributed by atoms with E-state index in [0.29, 0.717) is 5.82 Å². The van der Waals surface area contributed by atoms with Crippen molar-refractivity contribution in [1.29, 1.82) is 0 Å². The molecule has 21 heavy (non-hydrogen) atoms. The molecule has 2 aromatic heterocycles. The number of rotatable bonds is 3. The molecule has 0 saturated heterocycles. The Labute approximate surface area is 124 Å². The van der Waals surface area contributed by atoms with Crippen molar-refractivity contribution >= 4 is 5.82 Å². The van der Waals surface area contributed by atoms with Gasteiger partial charge in [0.15, 0.2) is 0 Å². The molecular formula is C17H19N3O. The van der Waals surface area contributed by atoms with Crippen LogP contribution >= 0.6 is 0 Å². The number of aromatic nitrogens is 2. The quantitative estimate of drug-likeness (QED) is 0.784. The fourth-order valence-electron chi connectivity index (χ4n) is 2.56. The molecule has 0 aliphatic heterocycles. The van der Waals surface area contributed by atoms with E-state index in [1.807, 2.05) is 43.3 Å². The lowest BCUT2D eigenvalue weighted by Crippen LogP contribution is -2.03. The maximum atomic E-state index is 6.35. The first-order valence-electron chi connectivity index (χ1n) is 7.07. The highest BCUT2D eigenvalue weighted by molar-refractivity contribution is 5.70. The molecule has 3 aromatic rings. The highest BCUT2D eigenvalue weighted by atomic mass is 16.3. The first kappa shape index (κ1) is 13.5. The van der Waals surface area contributed by atoms with Crippen LogP contribution in [0.1, 0.15) is 31.1 Å². The highest BCUT2D eigenvalue weighted by Gasteiger charge is 2.21. The van der Waals surface area contributed by atoms with Gasteiger partial charge in [0.25, 0.3) is 0 Å². The summed E-state index contributed by atoms with van der Waals surface area (Å²) in [7, 11) is 0. The van der Waals surface area contributed by atoms with E-state index >= 15 is 0 Å². The number of para-hydroxylation sites is 1. The van der Waals surface area contributed by atoms with Gasteiger partial charge in [-0.15, -0.1) is 0 Å². The van der Waals surface area contributed by atoms with Crippen LogP contribution in [-0.4, -0.2) is 9.78 Å². The fraction of sp³-hybridized carbons (Fsp3) is 0.235. The Morgan fingerprint density at radius 3 is 2.48 bits per heavy atom. The number of nitrogens with two attached hydrogens (primary N) is 1. The molecule has 108 valence electrons. The number of furan rings is 1. The maximum absolute atomic E-state index is 6.35. The van der Waals surface area contributed by atoms with E-state index in [9.17, 15) is 0 Å². The number of anilines is 1. The van der Waals surface area contributed by atoms with Gasteiger partial charge in [-0.25, -0.2) is 4.68 Å². The second kappa shape index (κ2) is 5.13. The van der Waals surface area contributed by atoms with Crippen molar-refractivity contribution < 1.29 is 4.42 Å². The molecule has 4 nitrogen and oxygen atoms in total. The molecule has 4 heteroatoms. The molecule has 0 atom stereocenters. The van der Waals surface area contributed by atoms with Crippen molar-refractivity contribution in [3.8, 4) is 16.9 Å². The van der Waals surface area contributed by atoms with Gasteiger partial charge in [-0.3, -0.25) is 0 Å². The Hall–Kier alpha value is -2.49. The number of nitrogens with zero attached hydrogens (tertiary/aromatic N) is 2. The molecule has 0 unspecified atom stereocenters. The summed E-state index contributed by atoms with van der Waals surface area (Å²) < 4.78 is 7.22. The van der Waals surface area contributed by atoms with Gasteiger partial charge in [0, 0.05) is 11.1 Å². The minimum Gasteiger partial charge on any atom is -0.469 e. The number of benzene rings is 1. The first-order valence-corrected chi connectivity index (χ1v) is 7.07. The normalized spacial score (nSPS) is 11.2. The monoisotopic (exact) mass is 281 g/mol. The van der Waals surface area contributed by atoms with Crippen molar-refractivity contribution in [2.75, 3.05) is 5.73 Å². The smallest absolute Gasteiger partial charge is 0.131 e. The number of nitrogen functional groups attached to an aromatic ring is 1. The summed E-state index contributed by atoms with van der Waals surface area (Å²) in [6.45, 7) is 6.17. The lowest BCUT2D eigenvalue weighted by molar-refractivity contribution is 0.534. The van der Waals surface area contributed by atoms with Crippen LogP contribution in [0.5, 0.6) is 0 Å². The highest BCUT2D eigenvalue weighted by Crippen LogP contribution is 2.35. The zero-order valence-corrected chi connectivity index (χ0v) is 12.5. The Balaban J connectivity index is 2.21. The van der Waals surface area contributed by atoms with Gasteiger partial charge in [0.05, 0.1) is 5.69 Å². The maximum Gasteiger partial charge on any atom is 0.131 e. The predicted molar refractivity (Wildman–Crippen MR) is 84.5 cm³/mol. The molecule has 0 amide bonds. The van der Waals surface area contributed by atoms with Gasteiger partial charge in [0.1, 0.15) is 23.5 Å². The minimum atomic E-state index is 0.285. The summed E-state index contributed by atoms with van der Waals surface area (Å²) in [6, 6.07) is 11.9. The summed E-state index contributed by atoms with van der Waals surface area (Å²) >= 11 is 0. The van der Waals surface area contributed by atoms with E-state index in [1.54, 1.807) is 10.9 Å². The molecule has 0 spiro atoms. The molecule has 0 saturated carbocycles. The Kier molecular flexibility index (Phi) is 3.29. The van der Waals surface area contributed by atoms with Crippen LogP contribution in [0.15, 0.2) is 47.1 Å². The molecule has 0 radical (unpaired) electrons. The van der Waals surface area contributed by atoms with Crippen LogP contribution in [0.2, 0.25) is 0 Å². The van der Waals surface area contributed by atoms with Crippen LogP contribution in [0.4, 0.5) is 5.82 Å². The topological polar surface area (TPSA) is 57.0 Å². The molecule has 1 aromatic carbocycles. The second-order valence-corrected chi connectivity index (χ2v) is 5.50. The van der Waals surface area contributed by atoms with Gasteiger partial charge < -0.3 is 10.2 Å². The average molecular weight is 281 g/mol. The number of hydrogen-bond acceptors (Lipinski definition) is 3. The van der Waals surface area contributed by atoms with Crippen molar-refractivity contribution in [2.45, 2.75) is 26.7 Å². The van der Waals surface area contributed by atoms with Gasteiger partial charge in [-0.1, -0.05) is 32.0 Å². The molecule has 0 bridgehead atoms. The third-order valence-electron chi connectivity index (χ3n) is 3.54. The minimum absolute atomic E-state index is 0.285. The lowest BCUT2D eigenvalue weighted by atomic mass is 10.00. The van der Waals surface area contributed by atoms with Gasteiger partial charge in [-0.05, 0) is 31.0 Å². The van der Waals surface area contributed by atoms with Crippen LogP contribution in [-0.2, 0) is 0 Å². The van der Waals surface area contributed by atoms with E-state index in [2.05, 4.69) is 13.8 Å². The Bertz CT molecular complexity index is 754. The number of hydrogen-bond donors (Lipinski definition) is 1. The molecule has 2 heterocycles. The van der Waals surface area contributed by atoms with Crippen LogP contribution in [0.3, 0.4) is 0 Å². The molecular weight excluding hydrogens is 262 g/mol.